The Morgan fingerprint density at radius 2 is 2.14 bits per heavy atom. The highest BCUT2D eigenvalue weighted by molar-refractivity contribution is 5.83. The zero-order valence-electron chi connectivity index (χ0n) is 7.40. The molecular weight excluding hydrogens is 176 g/mol. The van der Waals surface area contributed by atoms with Gasteiger partial charge in [-0.25, -0.2) is 0 Å². The number of aromatic nitrogens is 2. The number of hydrogen-bond donors (Lipinski definition) is 1. The summed E-state index contributed by atoms with van der Waals surface area (Å²) in [6, 6.07) is 8.11. The van der Waals surface area contributed by atoms with E-state index in [9.17, 15) is 0 Å². The second kappa shape index (κ2) is 2.73. The molecule has 1 N–H and O–H groups in total. The minimum absolute atomic E-state index is 1.05. The Bertz CT molecular complexity index is 551. The number of fused-ring (bicyclic) bond motifs is 1. The Labute approximate surface area is 80.4 Å². The van der Waals surface area contributed by atoms with Crippen molar-refractivity contribution in [3.8, 4) is 11.1 Å². The first-order valence-corrected chi connectivity index (χ1v) is 4.39. The normalized spacial score (nSPS) is 10.9. The van der Waals surface area contributed by atoms with E-state index in [1.807, 2.05) is 18.3 Å². The SMILES string of the molecule is c1cc(-c2ccc3cn[nH]c3c2)co1. The van der Waals surface area contributed by atoms with Gasteiger partial charge in [0, 0.05) is 10.9 Å². The molecule has 0 saturated heterocycles. The molecule has 0 bridgehead atoms. The average Bonchev–Trinajstić information content (AvgIpc) is 2.88. The van der Waals surface area contributed by atoms with E-state index in [-0.39, 0.29) is 0 Å². The van der Waals surface area contributed by atoms with Gasteiger partial charge in [0.15, 0.2) is 0 Å². The maximum Gasteiger partial charge on any atom is 0.0980 e. The van der Waals surface area contributed by atoms with Gasteiger partial charge in [0.25, 0.3) is 0 Å². The van der Waals surface area contributed by atoms with Crippen LogP contribution >= 0.6 is 0 Å². The van der Waals surface area contributed by atoms with Crippen molar-refractivity contribution in [1.29, 1.82) is 0 Å². The van der Waals surface area contributed by atoms with Crippen LogP contribution in [-0.2, 0) is 0 Å². The number of hydrogen-bond acceptors (Lipinski definition) is 2. The molecule has 3 heteroatoms. The number of H-pyrrole nitrogens is 1. The smallest absolute Gasteiger partial charge is 0.0980 e. The molecule has 0 amide bonds. The molecule has 0 radical (unpaired) electrons. The minimum Gasteiger partial charge on any atom is -0.472 e. The van der Waals surface area contributed by atoms with Crippen molar-refractivity contribution in [3.05, 3.63) is 43.0 Å². The molecule has 3 aromatic rings. The quantitative estimate of drug-likeness (QED) is 0.631. The Kier molecular flexibility index (Phi) is 1.44. The minimum atomic E-state index is 1.05. The van der Waals surface area contributed by atoms with Gasteiger partial charge in [0.2, 0.25) is 0 Å². The predicted octanol–water partition coefficient (Wildman–Crippen LogP) is 2.82. The Balaban J connectivity index is 2.23. The summed E-state index contributed by atoms with van der Waals surface area (Å²) < 4.78 is 5.04. The fourth-order valence-corrected chi connectivity index (χ4v) is 1.55. The van der Waals surface area contributed by atoms with Crippen LogP contribution in [0, 0.1) is 0 Å². The summed E-state index contributed by atoms with van der Waals surface area (Å²) >= 11 is 0. The summed E-state index contributed by atoms with van der Waals surface area (Å²) in [5, 5.41) is 8.04. The second-order valence-corrected chi connectivity index (χ2v) is 3.18. The summed E-state index contributed by atoms with van der Waals surface area (Å²) in [6.07, 6.45) is 5.22. The lowest BCUT2D eigenvalue weighted by Gasteiger charge is -1.95. The van der Waals surface area contributed by atoms with Crippen molar-refractivity contribution in [2.45, 2.75) is 0 Å². The van der Waals surface area contributed by atoms with Crippen molar-refractivity contribution >= 4 is 10.9 Å². The van der Waals surface area contributed by atoms with E-state index in [0.29, 0.717) is 0 Å². The van der Waals surface area contributed by atoms with Gasteiger partial charge in [0.05, 0.1) is 24.2 Å². The highest BCUT2D eigenvalue weighted by Gasteiger charge is 2.01. The second-order valence-electron chi connectivity index (χ2n) is 3.18. The summed E-state index contributed by atoms with van der Waals surface area (Å²) in [6.45, 7) is 0. The van der Waals surface area contributed by atoms with Crippen LogP contribution in [0.25, 0.3) is 22.0 Å². The van der Waals surface area contributed by atoms with Gasteiger partial charge in [-0.05, 0) is 17.7 Å². The highest BCUT2D eigenvalue weighted by Crippen LogP contribution is 2.23. The summed E-state index contributed by atoms with van der Waals surface area (Å²) in [7, 11) is 0. The van der Waals surface area contributed by atoms with E-state index in [4.69, 9.17) is 4.42 Å². The van der Waals surface area contributed by atoms with Crippen LogP contribution in [0.15, 0.2) is 47.4 Å². The summed E-state index contributed by atoms with van der Waals surface area (Å²) in [4.78, 5) is 0. The lowest BCUT2D eigenvalue weighted by Crippen LogP contribution is -1.74. The third-order valence-electron chi connectivity index (χ3n) is 2.30. The van der Waals surface area contributed by atoms with Gasteiger partial charge >= 0.3 is 0 Å². The zero-order valence-corrected chi connectivity index (χ0v) is 7.40. The predicted molar refractivity (Wildman–Crippen MR) is 53.8 cm³/mol. The van der Waals surface area contributed by atoms with Gasteiger partial charge in [-0.15, -0.1) is 0 Å². The van der Waals surface area contributed by atoms with E-state index in [1.54, 1.807) is 12.5 Å². The number of furan rings is 1. The fraction of sp³-hybridized carbons (Fsp3) is 0. The lowest BCUT2D eigenvalue weighted by atomic mass is 10.1. The van der Waals surface area contributed by atoms with Crippen LogP contribution in [0.3, 0.4) is 0 Å². The largest absolute Gasteiger partial charge is 0.472 e. The van der Waals surface area contributed by atoms with Crippen molar-refractivity contribution in [1.82, 2.24) is 10.2 Å². The zero-order chi connectivity index (χ0) is 9.38. The molecule has 0 unspecified atom stereocenters. The van der Waals surface area contributed by atoms with E-state index >= 15 is 0 Å². The van der Waals surface area contributed by atoms with Gasteiger partial charge in [0.1, 0.15) is 0 Å². The molecule has 0 spiro atoms. The third-order valence-corrected chi connectivity index (χ3v) is 2.30. The lowest BCUT2D eigenvalue weighted by molar-refractivity contribution is 0.568. The van der Waals surface area contributed by atoms with E-state index in [0.717, 1.165) is 22.0 Å². The molecule has 0 atom stereocenters. The molecule has 14 heavy (non-hydrogen) atoms. The van der Waals surface area contributed by atoms with Crippen LogP contribution in [-0.4, -0.2) is 10.2 Å². The monoisotopic (exact) mass is 184 g/mol. The molecule has 0 aliphatic heterocycles. The van der Waals surface area contributed by atoms with Gasteiger partial charge in [-0.1, -0.05) is 12.1 Å². The molecule has 3 nitrogen and oxygen atoms in total. The number of benzene rings is 1. The number of aromatic amines is 1. The third kappa shape index (κ3) is 1.03. The van der Waals surface area contributed by atoms with Crippen LogP contribution in [0.2, 0.25) is 0 Å². The van der Waals surface area contributed by atoms with Crippen molar-refractivity contribution in [2.24, 2.45) is 0 Å². The maximum atomic E-state index is 5.04. The standard InChI is InChI=1S/C11H8N2O/c1-2-9-6-12-13-11(9)5-8(1)10-3-4-14-7-10/h1-7H,(H,12,13). The topological polar surface area (TPSA) is 41.8 Å². The Hall–Kier alpha value is -2.03. The van der Waals surface area contributed by atoms with Gasteiger partial charge in [-0.3, -0.25) is 5.10 Å². The number of rotatable bonds is 1. The number of nitrogens with one attached hydrogen (secondary N) is 1. The van der Waals surface area contributed by atoms with E-state index in [1.165, 1.54) is 0 Å². The first-order chi connectivity index (χ1) is 6.93. The average molecular weight is 184 g/mol. The fourth-order valence-electron chi connectivity index (χ4n) is 1.55. The molecule has 2 heterocycles. The molecule has 3 rings (SSSR count). The summed E-state index contributed by atoms with van der Waals surface area (Å²) in [5.74, 6) is 0. The van der Waals surface area contributed by atoms with Gasteiger partial charge < -0.3 is 4.42 Å². The molecule has 2 aromatic heterocycles. The maximum absolute atomic E-state index is 5.04. The van der Waals surface area contributed by atoms with Crippen LogP contribution in [0.1, 0.15) is 0 Å². The number of nitrogens with zero attached hydrogens (tertiary/aromatic N) is 1. The Morgan fingerprint density at radius 3 is 3.00 bits per heavy atom. The molecule has 0 fully saturated rings. The first kappa shape index (κ1) is 7.38. The van der Waals surface area contributed by atoms with E-state index in [2.05, 4.69) is 22.3 Å². The Morgan fingerprint density at radius 1 is 1.14 bits per heavy atom. The highest BCUT2D eigenvalue weighted by atomic mass is 16.3. The molecule has 68 valence electrons. The van der Waals surface area contributed by atoms with Crippen molar-refractivity contribution < 1.29 is 4.42 Å². The molecule has 0 aliphatic rings. The van der Waals surface area contributed by atoms with Crippen molar-refractivity contribution in [3.63, 3.8) is 0 Å². The van der Waals surface area contributed by atoms with Gasteiger partial charge in [-0.2, -0.15) is 5.10 Å². The molecule has 1 aromatic carbocycles. The van der Waals surface area contributed by atoms with Crippen LogP contribution in [0.5, 0.6) is 0 Å². The molecular formula is C11H8N2O. The van der Waals surface area contributed by atoms with Crippen LogP contribution in [0.4, 0.5) is 0 Å². The first-order valence-electron chi connectivity index (χ1n) is 4.39. The summed E-state index contributed by atoms with van der Waals surface area (Å²) in [5.41, 5.74) is 3.26. The van der Waals surface area contributed by atoms with Crippen LogP contribution < -0.4 is 0 Å². The van der Waals surface area contributed by atoms with Crippen molar-refractivity contribution in [2.75, 3.05) is 0 Å². The molecule has 0 saturated carbocycles. The van der Waals surface area contributed by atoms with E-state index < -0.39 is 0 Å². The molecule has 0 aliphatic carbocycles.